The van der Waals surface area contributed by atoms with Crippen molar-refractivity contribution in [2.45, 2.75) is 6.18 Å². The first-order valence-electron chi connectivity index (χ1n) is 7.56. The van der Waals surface area contributed by atoms with Crippen LogP contribution in [0.3, 0.4) is 0 Å². The van der Waals surface area contributed by atoms with Crippen molar-refractivity contribution >= 4 is 40.3 Å². The first kappa shape index (κ1) is 19.3. The lowest BCUT2D eigenvalue weighted by Crippen LogP contribution is -2.08. The number of anilines is 4. The highest BCUT2D eigenvalue weighted by molar-refractivity contribution is 6.31. The van der Waals surface area contributed by atoms with E-state index in [1.54, 1.807) is 12.1 Å². The molecule has 0 amide bonds. The molecule has 1 aromatic carbocycles. The molecule has 0 radical (unpaired) electrons. The number of nitrogens with zero attached hydrogens (tertiary/aromatic N) is 4. The fourth-order valence-corrected chi connectivity index (χ4v) is 2.49. The molecule has 2 N–H and O–H groups in total. The highest BCUT2D eigenvalue weighted by atomic mass is 35.5. The maximum atomic E-state index is 13.0. The van der Waals surface area contributed by atoms with E-state index in [4.69, 9.17) is 11.6 Å². The minimum absolute atomic E-state index is 0.0756. The Morgan fingerprint density at radius 2 is 1.61 bits per heavy atom. The van der Waals surface area contributed by atoms with Gasteiger partial charge in [-0.3, -0.25) is 15.1 Å². The van der Waals surface area contributed by atoms with Gasteiger partial charge in [-0.05, 0) is 30.3 Å². The Kier molecular flexibility index (Phi) is 5.27. The quantitative estimate of drug-likeness (QED) is 0.453. The van der Waals surface area contributed by atoms with Crippen LogP contribution in [-0.4, -0.2) is 19.9 Å². The zero-order valence-corrected chi connectivity index (χ0v) is 14.5. The second kappa shape index (κ2) is 7.64. The van der Waals surface area contributed by atoms with Gasteiger partial charge < -0.3 is 10.6 Å². The average Bonchev–Trinajstić information content (AvgIpc) is 2.63. The van der Waals surface area contributed by atoms with Gasteiger partial charge in [-0.2, -0.15) is 13.2 Å². The maximum absolute atomic E-state index is 13.0. The van der Waals surface area contributed by atoms with Crippen LogP contribution >= 0.6 is 11.6 Å². The highest BCUT2D eigenvalue weighted by Gasteiger charge is 2.33. The number of halogens is 4. The second-order valence-electron chi connectivity index (χ2n) is 5.35. The first-order chi connectivity index (χ1) is 13.3. The highest BCUT2D eigenvalue weighted by Crippen LogP contribution is 2.38. The summed E-state index contributed by atoms with van der Waals surface area (Å²) in [7, 11) is 0. The molecule has 0 saturated heterocycles. The maximum Gasteiger partial charge on any atom is 0.417 e. The Morgan fingerprint density at radius 3 is 2.18 bits per heavy atom. The topological polar surface area (TPSA) is 106 Å². The third-order valence-electron chi connectivity index (χ3n) is 3.48. The van der Waals surface area contributed by atoms with Crippen molar-refractivity contribution in [1.82, 2.24) is 15.0 Å². The van der Waals surface area contributed by atoms with Crippen molar-refractivity contribution in [2.24, 2.45) is 0 Å². The number of alkyl halides is 3. The molecule has 144 valence electrons. The summed E-state index contributed by atoms with van der Waals surface area (Å²) in [6, 6.07) is 6.15. The van der Waals surface area contributed by atoms with Crippen LogP contribution in [0.1, 0.15) is 5.56 Å². The largest absolute Gasteiger partial charge is 0.417 e. The predicted molar refractivity (Wildman–Crippen MR) is 95.9 cm³/mol. The van der Waals surface area contributed by atoms with Crippen LogP contribution in [0.15, 0.2) is 49.1 Å². The molecule has 0 bridgehead atoms. The molecule has 0 aliphatic rings. The molecule has 0 saturated carbocycles. The molecule has 2 heterocycles. The van der Waals surface area contributed by atoms with E-state index in [0.717, 1.165) is 18.5 Å². The average molecular weight is 411 g/mol. The molecule has 0 fully saturated rings. The van der Waals surface area contributed by atoms with E-state index in [0.29, 0.717) is 5.69 Å². The van der Waals surface area contributed by atoms with Crippen LogP contribution in [0.4, 0.5) is 41.9 Å². The molecule has 0 spiro atoms. The summed E-state index contributed by atoms with van der Waals surface area (Å²) in [6.07, 6.45) is -0.693. The van der Waals surface area contributed by atoms with E-state index in [1.807, 2.05) is 0 Å². The van der Waals surface area contributed by atoms with E-state index in [1.165, 1.54) is 18.5 Å². The van der Waals surface area contributed by atoms with Crippen LogP contribution in [-0.2, 0) is 6.18 Å². The van der Waals surface area contributed by atoms with Gasteiger partial charge >= 0.3 is 11.9 Å². The molecule has 3 aromatic rings. The zero-order chi connectivity index (χ0) is 20.3. The van der Waals surface area contributed by atoms with Crippen LogP contribution in [0.25, 0.3) is 0 Å². The van der Waals surface area contributed by atoms with Gasteiger partial charge in [-0.1, -0.05) is 11.6 Å². The summed E-state index contributed by atoms with van der Waals surface area (Å²) < 4.78 is 39.1. The van der Waals surface area contributed by atoms with E-state index in [-0.39, 0.29) is 17.3 Å². The number of benzene rings is 1. The monoisotopic (exact) mass is 410 g/mol. The third kappa shape index (κ3) is 4.26. The van der Waals surface area contributed by atoms with Gasteiger partial charge in [0.1, 0.15) is 6.33 Å². The molecule has 2 aromatic heterocycles. The van der Waals surface area contributed by atoms with Gasteiger partial charge in [0.2, 0.25) is 11.6 Å². The normalized spacial score (nSPS) is 11.1. The summed E-state index contributed by atoms with van der Waals surface area (Å²) in [5.74, 6) is -0.425. The number of rotatable bonds is 5. The number of nitro groups is 1. The van der Waals surface area contributed by atoms with Gasteiger partial charge in [-0.15, -0.1) is 0 Å². The minimum Gasteiger partial charge on any atom is -0.334 e. The molecule has 0 unspecified atom stereocenters. The fourth-order valence-electron chi connectivity index (χ4n) is 2.26. The molecule has 0 aliphatic heterocycles. The van der Waals surface area contributed by atoms with Crippen molar-refractivity contribution in [3.8, 4) is 0 Å². The van der Waals surface area contributed by atoms with Crippen LogP contribution in [0.2, 0.25) is 5.02 Å². The van der Waals surface area contributed by atoms with Crippen molar-refractivity contribution in [2.75, 3.05) is 10.6 Å². The van der Waals surface area contributed by atoms with Crippen molar-refractivity contribution in [1.29, 1.82) is 0 Å². The van der Waals surface area contributed by atoms with Gasteiger partial charge in [0.15, 0.2) is 0 Å². The standard InChI is InChI=1S/C16H10ClF3N6O2/c17-12-2-1-10(7-11(12)16(18,19)20)25-15-13(26(27)28)14(22-8-23-15)24-9-3-5-21-6-4-9/h1-8H,(H2,21,22,23,24,25). The summed E-state index contributed by atoms with van der Waals surface area (Å²) >= 11 is 5.58. The van der Waals surface area contributed by atoms with E-state index in [2.05, 4.69) is 25.6 Å². The fraction of sp³-hybridized carbons (Fsp3) is 0.0625. The van der Waals surface area contributed by atoms with Crippen molar-refractivity contribution < 1.29 is 18.1 Å². The third-order valence-corrected chi connectivity index (χ3v) is 3.81. The van der Waals surface area contributed by atoms with E-state index >= 15 is 0 Å². The molecular formula is C16H10ClF3N6O2. The summed E-state index contributed by atoms with van der Waals surface area (Å²) in [6.45, 7) is 0. The number of pyridine rings is 1. The van der Waals surface area contributed by atoms with Gasteiger partial charge in [0, 0.05) is 23.8 Å². The number of nitrogens with one attached hydrogen (secondary N) is 2. The van der Waals surface area contributed by atoms with Crippen LogP contribution < -0.4 is 10.6 Å². The molecule has 0 atom stereocenters. The number of hydrogen-bond acceptors (Lipinski definition) is 7. The molecule has 12 heteroatoms. The SMILES string of the molecule is O=[N+]([O-])c1c(Nc2ccncc2)ncnc1Nc1ccc(Cl)c(C(F)(F)F)c1. The van der Waals surface area contributed by atoms with Gasteiger partial charge in [0.05, 0.1) is 15.5 Å². The van der Waals surface area contributed by atoms with Gasteiger partial charge in [0.25, 0.3) is 0 Å². The number of hydrogen-bond donors (Lipinski definition) is 2. The summed E-state index contributed by atoms with van der Waals surface area (Å²) in [5.41, 5.74) is -1.21. The van der Waals surface area contributed by atoms with Gasteiger partial charge in [-0.25, -0.2) is 9.97 Å². The Labute approximate surface area is 160 Å². The zero-order valence-electron chi connectivity index (χ0n) is 13.7. The molecule has 0 aliphatic carbocycles. The number of aromatic nitrogens is 3. The second-order valence-corrected chi connectivity index (χ2v) is 5.76. The predicted octanol–water partition coefficient (Wildman–Crippen LogP) is 4.94. The Hall–Kier alpha value is -3.47. The minimum atomic E-state index is -4.68. The van der Waals surface area contributed by atoms with Crippen LogP contribution in [0.5, 0.6) is 0 Å². The molecular weight excluding hydrogens is 401 g/mol. The molecule has 3 rings (SSSR count). The lowest BCUT2D eigenvalue weighted by Gasteiger charge is -2.13. The first-order valence-corrected chi connectivity index (χ1v) is 7.93. The lowest BCUT2D eigenvalue weighted by atomic mass is 10.2. The smallest absolute Gasteiger partial charge is 0.334 e. The van der Waals surface area contributed by atoms with Crippen LogP contribution in [0, 0.1) is 10.1 Å². The molecule has 28 heavy (non-hydrogen) atoms. The van der Waals surface area contributed by atoms with Crippen molar-refractivity contribution in [3.63, 3.8) is 0 Å². The summed E-state index contributed by atoms with van der Waals surface area (Å²) in [4.78, 5) is 22.2. The summed E-state index contributed by atoms with van der Waals surface area (Å²) in [5, 5.41) is 16.3. The Morgan fingerprint density at radius 1 is 1.00 bits per heavy atom. The Balaban J connectivity index is 1.99. The lowest BCUT2D eigenvalue weighted by molar-refractivity contribution is -0.383. The van der Waals surface area contributed by atoms with E-state index < -0.39 is 27.4 Å². The van der Waals surface area contributed by atoms with Crippen molar-refractivity contribution in [3.05, 3.63) is 69.8 Å². The molecule has 8 nitrogen and oxygen atoms in total. The van der Waals surface area contributed by atoms with E-state index in [9.17, 15) is 23.3 Å². The Bertz CT molecular complexity index is 1020.